The van der Waals surface area contributed by atoms with Crippen molar-refractivity contribution >= 4 is 5.91 Å². The minimum Gasteiger partial charge on any atom is -0.426 e. The van der Waals surface area contributed by atoms with Gasteiger partial charge in [0.15, 0.2) is 5.76 Å². The van der Waals surface area contributed by atoms with Crippen LogP contribution in [-0.2, 0) is 4.74 Å². The van der Waals surface area contributed by atoms with Crippen LogP contribution in [0.25, 0.3) is 0 Å². The predicted octanol–water partition coefficient (Wildman–Crippen LogP) is 3.83. The van der Waals surface area contributed by atoms with Gasteiger partial charge in [0, 0.05) is 43.9 Å². The number of hydrogen-bond acceptors (Lipinski definition) is 5. The zero-order valence-corrected chi connectivity index (χ0v) is 16.5. The lowest BCUT2D eigenvalue weighted by Gasteiger charge is -2.40. The fraction of sp³-hybridized carbons (Fsp3) is 0.500. The average molecular weight is 402 g/mol. The van der Waals surface area contributed by atoms with Crippen LogP contribution < -0.4 is 10.1 Å². The number of carbonyl (C=O) groups is 1. The summed E-state index contributed by atoms with van der Waals surface area (Å²) in [6, 6.07) is 8.90. The van der Waals surface area contributed by atoms with E-state index in [2.05, 4.69) is 10.2 Å². The number of amides is 1. The lowest BCUT2D eigenvalue weighted by atomic mass is 9.79. The van der Waals surface area contributed by atoms with Gasteiger partial charge in [-0.2, -0.15) is 0 Å². The summed E-state index contributed by atoms with van der Waals surface area (Å²) in [6.07, 6.45) is 4.38. The number of halogens is 1. The first-order valence-corrected chi connectivity index (χ1v) is 10.2. The van der Waals surface area contributed by atoms with Gasteiger partial charge in [-0.05, 0) is 57.0 Å². The van der Waals surface area contributed by atoms with Crippen molar-refractivity contribution in [3.63, 3.8) is 0 Å². The Morgan fingerprint density at radius 1 is 1.17 bits per heavy atom. The molecule has 0 aliphatic carbocycles. The monoisotopic (exact) mass is 402 g/mol. The Kier molecular flexibility index (Phi) is 6.16. The molecule has 1 aromatic heterocycles. The highest BCUT2D eigenvalue weighted by Crippen LogP contribution is 2.32. The highest BCUT2D eigenvalue weighted by molar-refractivity contribution is 5.91. The van der Waals surface area contributed by atoms with Gasteiger partial charge in [0.25, 0.3) is 11.9 Å². The molecule has 7 heteroatoms. The average Bonchev–Trinajstić information content (AvgIpc) is 3.39. The first kappa shape index (κ1) is 19.9. The molecule has 0 radical (unpaired) electrons. The summed E-state index contributed by atoms with van der Waals surface area (Å²) in [5.74, 6) is -0.0189. The van der Waals surface area contributed by atoms with Gasteiger partial charge < -0.3 is 24.1 Å². The molecule has 0 bridgehead atoms. The van der Waals surface area contributed by atoms with Gasteiger partial charge in [-0.15, -0.1) is 0 Å². The SMILES string of the molecule is O=C(NCC1(CN2CCCC2)CCOCC1)c1ccc(Oc2cccc(F)c2)o1. The van der Waals surface area contributed by atoms with Crippen molar-refractivity contribution < 1.29 is 23.1 Å². The Hall–Kier alpha value is -2.38. The first-order valence-electron chi connectivity index (χ1n) is 10.2. The fourth-order valence-electron chi connectivity index (χ4n) is 4.11. The van der Waals surface area contributed by atoms with E-state index < -0.39 is 5.82 Å². The standard InChI is InChI=1S/C22H27FN2O4/c23-17-4-3-5-18(14-17)28-20-7-6-19(29-20)21(26)24-15-22(8-12-27-13-9-22)16-25-10-1-2-11-25/h3-7,14H,1-2,8-13,15-16H2,(H,24,26). The second kappa shape index (κ2) is 8.97. The third-order valence-electron chi connectivity index (χ3n) is 5.75. The molecule has 0 atom stereocenters. The first-order chi connectivity index (χ1) is 14.1. The lowest BCUT2D eigenvalue weighted by Crippen LogP contribution is -2.48. The maximum atomic E-state index is 13.3. The second-order valence-electron chi connectivity index (χ2n) is 7.96. The molecule has 0 unspecified atom stereocenters. The number of benzene rings is 1. The third kappa shape index (κ3) is 5.16. The van der Waals surface area contributed by atoms with E-state index >= 15 is 0 Å². The summed E-state index contributed by atoms with van der Waals surface area (Å²) in [5, 5.41) is 3.04. The Bertz CT molecular complexity index is 826. The molecule has 1 N–H and O–H groups in total. The lowest BCUT2D eigenvalue weighted by molar-refractivity contribution is -0.000761. The summed E-state index contributed by atoms with van der Waals surface area (Å²) >= 11 is 0. The van der Waals surface area contributed by atoms with E-state index in [1.807, 2.05) is 0 Å². The highest BCUT2D eigenvalue weighted by Gasteiger charge is 2.35. The number of rotatable bonds is 7. The molecule has 1 aromatic carbocycles. The molecule has 2 aromatic rings. The number of ether oxygens (including phenoxy) is 2. The van der Waals surface area contributed by atoms with E-state index in [9.17, 15) is 9.18 Å². The molecule has 0 saturated carbocycles. The van der Waals surface area contributed by atoms with Crippen LogP contribution in [0.4, 0.5) is 4.39 Å². The van der Waals surface area contributed by atoms with Gasteiger partial charge >= 0.3 is 0 Å². The zero-order chi connectivity index (χ0) is 20.1. The van der Waals surface area contributed by atoms with Crippen LogP contribution in [0.15, 0.2) is 40.8 Å². The Morgan fingerprint density at radius 3 is 2.72 bits per heavy atom. The molecule has 2 saturated heterocycles. The maximum absolute atomic E-state index is 13.3. The molecule has 2 fully saturated rings. The number of furan rings is 1. The molecule has 4 rings (SSSR count). The highest BCUT2D eigenvalue weighted by atomic mass is 19.1. The van der Waals surface area contributed by atoms with E-state index in [4.69, 9.17) is 13.9 Å². The summed E-state index contributed by atoms with van der Waals surface area (Å²) in [6.45, 7) is 5.31. The van der Waals surface area contributed by atoms with Gasteiger partial charge in [-0.25, -0.2) is 4.39 Å². The van der Waals surface area contributed by atoms with Crippen molar-refractivity contribution in [3.05, 3.63) is 48.0 Å². The van der Waals surface area contributed by atoms with Crippen LogP contribution in [0.2, 0.25) is 0 Å². The van der Waals surface area contributed by atoms with Crippen molar-refractivity contribution in [3.8, 4) is 11.7 Å². The Morgan fingerprint density at radius 2 is 1.97 bits per heavy atom. The van der Waals surface area contributed by atoms with Gasteiger partial charge in [-0.3, -0.25) is 4.79 Å². The molecule has 0 spiro atoms. The van der Waals surface area contributed by atoms with E-state index in [0.717, 1.165) is 45.7 Å². The van der Waals surface area contributed by atoms with Crippen molar-refractivity contribution in [2.45, 2.75) is 25.7 Å². The normalized spacial score (nSPS) is 19.2. The quantitative estimate of drug-likeness (QED) is 0.763. The minimum absolute atomic E-state index is 0.0335. The number of carbonyl (C=O) groups excluding carboxylic acids is 1. The Balaban J connectivity index is 1.36. The number of nitrogens with zero attached hydrogens (tertiary/aromatic N) is 1. The maximum Gasteiger partial charge on any atom is 0.290 e. The minimum atomic E-state index is -0.396. The third-order valence-corrected chi connectivity index (χ3v) is 5.75. The van der Waals surface area contributed by atoms with Crippen molar-refractivity contribution in [1.29, 1.82) is 0 Å². The second-order valence-corrected chi connectivity index (χ2v) is 7.96. The molecule has 1 amide bonds. The topological polar surface area (TPSA) is 63.9 Å². The number of hydrogen-bond donors (Lipinski definition) is 1. The van der Waals surface area contributed by atoms with Crippen molar-refractivity contribution in [2.75, 3.05) is 39.4 Å². The fourth-order valence-corrected chi connectivity index (χ4v) is 4.11. The largest absolute Gasteiger partial charge is 0.426 e. The molecule has 2 aliphatic heterocycles. The molecule has 2 aliphatic rings. The smallest absolute Gasteiger partial charge is 0.290 e. The summed E-state index contributed by atoms with van der Waals surface area (Å²) in [7, 11) is 0. The van der Waals surface area contributed by atoms with Gasteiger partial charge in [0.1, 0.15) is 11.6 Å². The van der Waals surface area contributed by atoms with Crippen molar-refractivity contribution in [1.82, 2.24) is 10.2 Å². The molecule has 156 valence electrons. The molecular weight excluding hydrogens is 375 g/mol. The van der Waals surface area contributed by atoms with Gasteiger partial charge in [0.05, 0.1) is 0 Å². The zero-order valence-electron chi connectivity index (χ0n) is 16.5. The summed E-state index contributed by atoms with van der Waals surface area (Å²) in [5.41, 5.74) is 0.0335. The van der Waals surface area contributed by atoms with Crippen LogP contribution in [0.5, 0.6) is 11.7 Å². The van der Waals surface area contributed by atoms with E-state index in [-0.39, 0.29) is 23.0 Å². The van der Waals surface area contributed by atoms with Gasteiger partial charge in [-0.1, -0.05) is 6.07 Å². The van der Waals surface area contributed by atoms with E-state index in [1.165, 1.54) is 25.0 Å². The molecule has 6 nitrogen and oxygen atoms in total. The number of nitrogens with one attached hydrogen (secondary N) is 1. The van der Waals surface area contributed by atoms with E-state index in [0.29, 0.717) is 12.3 Å². The van der Waals surface area contributed by atoms with Gasteiger partial charge in [0.2, 0.25) is 0 Å². The summed E-state index contributed by atoms with van der Waals surface area (Å²) < 4.78 is 29.8. The Labute approximate surface area is 170 Å². The van der Waals surface area contributed by atoms with Crippen LogP contribution >= 0.6 is 0 Å². The van der Waals surface area contributed by atoms with Crippen molar-refractivity contribution in [2.24, 2.45) is 5.41 Å². The summed E-state index contributed by atoms with van der Waals surface area (Å²) in [4.78, 5) is 15.1. The number of likely N-dealkylation sites (tertiary alicyclic amines) is 1. The molecule has 3 heterocycles. The van der Waals surface area contributed by atoms with Crippen LogP contribution in [-0.4, -0.2) is 50.2 Å². The van der Waals surface area contributed by atoms with Crippen LogP contribution in [0.1, 0.15) is 36.2 Å². The van der Waals surface area contributed by atoms with E-state index in [1.54, 1.807) is 24.3 Å². The van der Waals surface area contributed by atoms with Crippen LogP contribution in [0.3, 0.4) is 0 Å². The predicted molar refractivity (Wildman–Crippen MR) is 106 cm³/mol. The molecule has 29 heavy (non-hydrogen) atoms. The molecular formula is C22H27FN2O4. The van der Waals surface area contributed by atoms with Crippen LogP contribution in [0, 0.1) is 11.2 Å².